The second-order valence-electron chi connectivity index (χ2n) is 5.04. The van der Waals surface area contributed by atoms with Crippen LogP contribution in [0.1, 0.15) is 11.7 Å². The van der Waals surface area contributed by atoms with Crippen LogP contribution in [-0.4, -0.2) is 42.8 Å². The molecule has 2 unspecified atom stereocenters. The van der Waals surface area contributed by atoms with Crippen molar-refractivity contribution in [1.82, 2.24) is 25.2 Å². The van der Waals surface area contributed by atoms with Gasteiger partial charge in [-0.05, 0) is 34.7 Å². The number of hydrogen-bond acceptors (Lipinski definition) is 6. The Balaban J connectivity index is 1.84. The van der Waals surface area contributed by atoms with Gasteiger partial charge in [-0.15, -0.1) is 5.10 Å². The summed E-state index contributed by atoms with van der Waals surface area (Å²) in [5, 5.41) is 20.1. The van der Waals surface area contributed by atoms with E-state index in [9.17, 15) is 18.3 Å². The van der Waals surface area contributed by atoms with Gasteiger partial charge in [0, 0.05) is 6.07 Å². The summed E-state index contributed by atoms with van der Waals surface area (Å²) in [5.74, 6) is 0.0800. The van der Waals surface area contributed by atoms with E-state index in [1.54, 1.807) is 6.07 Å². The van der Waals surface area contributed by atoms with Crippen LogP contribution >= 0.6 is 0 Å². The second-order valence-corrected chi connectivity index (χ2v) is 5.04. The Morgan fingerprint density at radius 3 is 2.56 bits per heavy atom. The lowest BCUT2D eigenvalue weighted by atomic mass is 10.1. The fourth-order valence-electron chi connectivity index (χ4n) is 2.19. The van der Waals surface area contributed by atoms with Gasteiger partial charge < -0.3 is 9.84 Å². The van der Waals surface area contributed by atoms with Gasteiger partial charge in [-0.2, -0.15) is 0 Å². The first-order valence-electron chi connectivity index (χ1n) is 7.12. The quantitative estimate of drug-likeness (QED) is 0.733. The molecule has 0 bridgehead atoms. The average Bonchev–Trinajstić information content (AvgIpc) is 3.10. The predicted molar refractivity (Wildman–Crippen MR) is 78.7 cm³/mol. The van der Waals surface area contributed by atoms with Crippen molar-refractivity contribution in [3.8, 4) is 11.5 Å². The maximum atomic E-state index is 13.1. The van der Waals surface area contributed by atoms with Crippen LogP contribution in [0.15, 0.2) is 48.9 Å². The fourth-order valence-corrected chi connectivity index (χ4v) is 2.19. The first-order chi connectivity index (χ1) is 12.0. The Morgan fingerprint density at radius 2 is 1.96 bits per heavy atom. The summed E-state index contributed by atoms with van der Waals surface area (Å²) in [5.41, 5.74) is 0.117. The average molecular weight is 351 g/mol. The zero-order valence-corrected chi connectivity index (χ0v) is 12.6. The molecule has 0 saturated carbocycles. The van der Waals surface area contributed by atoms with E-state index >= 15 is 0 Å². The van der Waals surface area contributed by atoms with Crippen molar-refractivity contribution in [3.63, 3.8) is 0 Å². The molecule has 0 aliphatic carbocycles. The molecular formula is C15H12F3N5O2. The largest absolute Gasteiger partial charge is 0.456 e. The normalized spacial score (nSPS) is 13.6. The Kier molecular flexibility index (Phi) is 4.89. The third-order valence-corrected chi connectivity index (χ3v) is 3.33. The number of pyridine rings is 1. The van der Waals surface area contributed by atoms with E-state index in [0.29, 0.717) is 0 Å². The van der Waals surface area contributed by atoms with Gasteiger partial charge in [-0.1, -0.05) is 6.07 Å². The monoisotopic (exact) mass is 351 g/mol. The molecule has 0 aliphatic rings. The van der Waals surface area contributed by atoms with Crippen LogP contribution in [0.4, 0.5) is 13.2 Å². The van der Waals surface area contributed by atoms with E-state index in [4.69, 9.17) is 4.74 Å². The maximum absolute atomic E-state index is 13.1. The molecule has 10 heteroatoms. The molecule has 0 aliphatic heterocycles. The third kappa shape index (κ3) is 3.91. The minimum absolute atomic E-state index is 0.117. The zero-order chi connectivity index (χ0) is 17.8. The van der Waals surface area contributed by atoms with Crippen LogP contribution < -0.4 is 4.74 Å². The van der Waals surface area contributed by atoms with E-state index in [-0.39, 0.29) is 17.2 Å². The molecule has 25 heavy (non-hydrogen) atoms. The van der Waals surface area contributed by atoms with E-state index in [1.807, 2.05) is 0 Å². The molecule has 0 amide bonds. The van der Waals surface area contributed by atoms with Crippen LogP contribution in [0, 0.1) is 5.82 Å². The topological polar surface area (TPSA) is 86.0 Å². The molecule has 0 radical (unpaired) electrons. The van der Waals surface area contributed by atoms with Crippen molar-refractivity contribution >= 4 is 0 Å². The van der Waals surface area contributed by atoms with Gasteiger partial charge in [-0.3, -0.25) is 4.98 Å². The van der Waals surface area contributed by atoms with Crippen molar-refractivity contribution in [2.45, 2.75) is 18.6 Å². The van der Waals surface area contributed by atoms with E-state index in [0.717, 1.165) is 11.0 Å². The van der Waals surface area contributed by atoms with Crippen molar-refractivity contribution in [3.05, 3.63) is 60.4 Å². The van der Waals surface area contributed by atoms with Crippen molar-refractivity contribution in [2.24, 2.45) is 0 Å². The Bertz CT molecular complexity index is 814. The zero-order valence-electron chi connectivity index (χ0n) is 12.6. The Hall–Kier alpha value is -3.01. The van der Waals surface area contributed by atoms with Gasteiger partial charge in [0.05, 0.1) is 11.9 Å². The highest BCUT2D eigenvalue weighted by Gasteiger charge is 2.32. The summed E-state index contributed by atoms with van der Waals surface area (Å²) in [7, 11) is 0. The van der Waals surface area contributed by atoms with Crippen molar-refractivity contribution in [2.75, 3.05) is 0 Å². The number of benzene rings is 1. The van der Waals surface area contributed by atoms with Gasteiger partial charge in [0.15, 0.2) is 0 Å². The van der Waals surface area contributed by atoms with Gasteiger partial charge in [0.1, 0.15) is 35.8 Å². The van der Waals surface area contributed by atoms with Crippen molar-refractivity contribution < 1.29 is 23.0 Å². The third-order valence-electron chi connectivity index (χ3n) is 3.33. The molecule has 0 spiro atoms. The number of hydrogen-bond donors (Lipinski definition) is 1. The summed E-state index contributed by atoms with van der Waals surface area (Å²) in [6, 6.07) is 7.10. The Labute approximate surface area is 139 Å². The summed E-state index contributed by atoms with van der Waals surface area (Å²) >= 11 is 0. The van der Waals surface area contributed by atoms with Crippen LogP contribution in [0.2, 0.25) is 0 Å². The van der Waals surface area contributed by atoms with Crippen LogP contribution in [0.5, 0.6) is 11.5 Å². The van der Waals surface area contributed by atoms with Gasteiger partial charge in [0.25, 0.3) is 6.43 Å². The number of alkyl halides is 2. The number of aliphatic hydroxyl groups excluding tert-OH is 1. The minimum atomic E-state index is -3.01. The van der Waals surface area contributed by atoms with Crippen LogP contribution in [0.25, 0.3) is 0 Å². The molecule has 1 aromatic carbocycles. The molecule has 0 saturated heterocycles. The van der Waals surface area contributed by atoms with Crippen LogP contribution in [0.3, 0.4) is 0 Å². The molecule has 3 rings (SSSR count). The summed E-state index contributed by atoms with van der Waals surface area (Å²) < 4.78 is 45.5. The Morgan fingerprint density at radius 1 is 1.12 bits per heavy atom. The summed E-state index contributed by atoms with van der Waals surface area (Å²) in [6.07, 6.45) is -2.68. The number of tetrazole rings is 1. The highest BCUT2D eigenvalue weighted by atomic mass is 19.3. The summed E-state index contributed by atoms with van der Waals surface area (Å²) in [4.78, 5) is 4.03. The number of rotatable bonds is 6. The lowest BCUT2D eigenvalue weighted by Crippen LogP contribution is -2.32. The molecule has 2 heterocycles. The first kappa shape index (κ1) is 16.8. The smallest absolute Gasteiger partial charge is 0.266 e. The number of aliphatic hydroxyl groups is 1. The molecule has 1 N–H and O–H groups in total. The van der Waals surface area contributed by atoms with Crippen LogP contribution in [-0.2, 0) is 0 Å². The number of nitrogens with zero attached hydrogens (tertiary/aromatic N) is 5. The number of halogens is 3. The van der Waals surface area contributed by atoms with Gasteiger partial charge in [-0.25, -0.2) is 17.9 Å². The first-order valence-corrected chi connectivity index (χ1v) is 7.12. The lowest BCUT2D eigenvalue weighted by molar-refractivity contribution is -0.0292. The SMILES string of the molecule is OC(C(F)F)C(c1ccc(Oc2cccc(F)c2)cn1)n1cnnn1. The summed E-state index contributed by atoms with van der Waals surface area (Å²) in [6.45, 7) is 0. The lowest BCUT2D eigenvalue weighted by Gasteiger charge is -2.21. The maximum Gasteiger partial charge on any atom is 0.266 e. The highest BCUT2D eigenvalue weighted by molar-refractivity contribution is 5.30. The van der Waals surface area contributed by atoms with E-state index in [1.165, 1.54) is 36.5 Å². The molecule has 2 aromatic heterocycles. The van der Waals surface area contributed by atoms with Crippen molar-refractivity contribution in [1.29, 1.82) is 0 Å². The molecule has 2 atom stereocenters. The highest BCUT2D eigenvalue weighted by Crippen LogP contribution is 2.26. The second kappa shape index (κ2) is 7.26. The molecule has 7 nitrogen and oxygen atoms in total. The van der Waals surface area contributed by atoms with Gasteiger partial charge in [0.2, 0.25) is 0 Å². The molecular weight excluding hydrogens is 339 g/mol. The fraction of sp³-hybridized carbons (Fsp3) is 0.200. The molecule has 3 aromatic rings. The van der Waals surface area contributed by atoms with Gasteiger partial charge >= 0.3 is 0 Å². The molecule has 130 valence electrons. The number of aromatic nitrogens is 5. The number of ether oxygens (including phenoxy) is 1. The van der Waals surface area contributed by atoms with E-state index < -0.39 is 24.4 Å². The minimum Gasteiger partial charge on any atom is -0.456 e. The van der Waals surface area contributed by atoms with E-state index in [2.05, 4.69) is 20.5 Å². The molecule has 0 fully saturated rings. The standard InChI is InChI=1S/C15H12F3N5O2/c16-9-2-1-3-10(6-9)25-11-4-5-12(19-7-11)13(14(24)15(17)18)23-8-20-21-22-23/h1-8,13-15,24H. The predicted octanol–water partition coefficient (Wildman–Crippen LogP) is 2.21.